The summed E-state index contributed by atoms with van der Waals surface area (Å²) < 4.78 is 37.7. The molecule has 1 aliphatic rings. The molecule has 0 saturated carbocycles. The van der Waals surface area contributed by atoms with E-state index in [0.717, 1.165) is 6.07 Å². The van der Waals surface area contributed by atoms with Crippen LogP contribution in [0.4, 0.5) is 15.9 Å². The third-order valence-corrected chi connectivity index (χ3v) is 5.60. The summed E-state index contributed by atoms with van der Waals surface area (Å²) in [5.41, 5.74) is 0.367. The Hall–Kier alpha value is -3.55. The summed E-state index contributed by atoms with van der Waals surface area (Å²) in [6, 6.07) is 4.02. The van der Waals surface area contributed by atoms with Crippen molar-refractivity contribution < 1.29 is 37.7 Å². The highest BCUT2D eigenvalue weighted by Crippen LogP contribution is 2.37. The number of benzene rings is 1. The van der Waals surface area contributed by atoms with Gasteiger partial charge in [0, 0.05) is 25.8 Å². The van der Waals surface area contributed by atoms with Gasteiger partial charge in [0.2, 0.25) is 5.28 Å². The molecule has 0 aliphatic carbocycles. The number of fused-ring (bicyclic) bond motifs is 1. The minimum atomic E-state index is -1.17. The van der Waals surface area contributed by atoms with Gasteiger partial charge in [-0.2, -0.15) is 9.97 Å². The van der Waals surface area contributed by atoms with E-state index in [2.05, 4.69) is 20.3 Å². The fraction of sp³-hybridized carbons (Fsp3) is 0.364. The van der Waals surface area contributed by atoms with Crippen LogP contribution in [-0.4, -0.2) is 62.3 Å². The van der Waals surface area contributed by atoms with Gasteiger partial charge in [0.15, 0.2) is 35.4 Å². The highest BCUT2D eigenvalue weighted by molar-refractivity contribution is 6.30. The molecule has 37 heavy (non-hydrogen) atoms. The summed E-state index contributed by atoms with van der Waals surface area (Å²) in [6.45, 7) is 3.27. The monoisotopic (exact) mass is 555 g/mol. The number of carbonyl (C=O) groups is 3. The fourth-order valence-corrected chi connectivity index (χ4v) is 4.12. The lowest BCUT2D eigenvalue weighted by Gasteiger charge is -2.23. The van der Waals surface area contributed by atoms with Gasteiger partial charge in [-0.25, -0.2) is 9.37 Å². The molecule has 0 radical (unpaired) electrons. The number of carbonyl (C=O) groups excluding carboxylic acids is 3. The number of esters is 3. The van der Waals surface area contributed by atoms with Crippen LogP contribution < -0.4 is 5.32 Å². The minimum absolute atomic E-state index is 0.0568. The quantitative estimate of drug-likeness (QED) is 0.260. The first kappa shape index (κ1) is 26.5. The number of nitrogens with zero attached hydrogens (tertiary/aromatic N) is 4. The molecule has 3 heterocycles. The van der Waals surface area contributed by atoms with Crippen LogP contribution in [0.15, 0.2) is 24.5 Å². The third kappa shape index (κ3) is 5.89. The molecule has 1 fully saturated rings. The maximum atomic E-state index is 14.4. The Morgan fingerprint density at radius 1 is 1.08 bits per heavy atom. The largest absolute Gasteiger partial charge is 0.463 e. The second kappa shape index (κ2) is 10.8. The topological polar surface area (TPSA) is 144 Å². The van der Waals surface area contributed by atoms with E-state index in [9.17, 15) is 18.8 Å². The molecule has 3 aromatic rings. The number of rotatable bonds is 7. The first-order valence-corrected chi connectivity index (χ1v) is 11.5. The van der Waals surface area contributed by atoms with Crippen LogP contribution in [0.1, 0.15) is 27.0 Å². The molecule has 0 amide bonds. The van der Waals surface area contributed by atoms with E-state index in [1.807, 2.05) is 0 Å². The second-order valence-electron chi connectivity index (χ2n) is 7.93. The predicted octanol–water partition coefficient (Wildman–Crippen LogP) is 3.34. The van der Waals surface area contributed by atoms with E-state index in [0.29, 0.717) is 0 Å². The molecule has 0 spiro atoms. The molecular weight excluding hydrogens is 536 g/mol. The van der Waals surface area contributed by atoms with E-state index < -0.39 is 48.3 Å². The van der Waals surface area contributed by atoms with Crippen LogP contribution in [0.5, 0.6) is 0 Å². The van der Waals surface area contributed by atoms with Gasteiger partial charge in [0.05, 0.1) is 12.0 Å². The van der Waals surface area contributed by atoms with E-state index >= 15 is 0 Å². The number of anilines is 2. The van der Waals surface area contributed by atoms with Gasteiger partial charge in [-0.15, -0.1) is 0 Å². The minimum Gasteiger partial charge on any atom is -0.463 e. The van der Waals surface area contributed by atoms with Gasteiger partial charge in [0.1, 0.15) is 18.5 Å². The van der Waals surface area contributed by atoms with Crippen molar-refractivity contribution in [3.05, 3.63) is 40.6 Å². The van der Waals surface area contributed by atoms with Gasteiger partial charge >= 0.3 is 17.9 Å². The van der Waals surface area contributed by atoms with Crippen LogP contribution in [0.2, 0.25) is 10.3 Å². The van der Waals surface area contributed by atoms with Crippen LogP contribution in [0.25, 0.3) is 11.2 Å². The number of aromatic nitrogens is 4. The van der Waals surface area contributed by atoms with Crippen LogP contribution in [0.3, 0.4) is 0 Å². The van der Waals surface area contributed by atoms with Gasteiger partial charge < -0.3 is 24.3 Å². The number of ether oxygens (including phenoxy) is 4. The van der Waals surface area contributed by atoms with Gasteiger partial charge in [-0.05, 0) is 29.8 Å². The van der Waals surface area contributed by atoms with Crippen molar-refractivity contribution in [1.29, 1.82) is 0 Å². The van der Waals surface area contributed by atoms with Crippen molar-refractivity contribution in [2.45, 2.75) is 45.3 Å². The van der Waals surface area contributed by atoms with Crippen molar-refractivity contribution >= 4 is 63.8 Å². The Morgan fingerprint density at radius 2 is 1.78 bits per heavy atom. The lowest BCUT2D eigenvalue weighted by Crippen LogP contribution is -2.40. The summed E-state index contributed by atoms with van der Waals surface area (Å²) in [4.78, 5) is 47.7. The van der Waals surface area contributed by atoms with Gasteiger partial charge in [-0.1, -0.05) is 11.6 Å². The van der Waals surface area contributed by atoms with Crippen molar-refractivity contribution in [1.82, 2.24) is 19.5 Å². The second-order valence-corrected chi connectivity index (χ2v) is 8.70. The first-order valence-electron chi connectivity index (χ1n) is 10.8. The lowest BCUT2D eigenvalue weighted by molar-refractivity contribution is -0.166. The fourth-order valence-electron chi connectivity index (χ4n) is 3.80. The van der Waals surface area contributed by atoms with Crippen molar-refractivity contribution in [3.8, 4) is 0 Å². The Labute approximate surface area is 219 Å². The Morgan fingerprint density at radius 3 is 2.43 bits per heavy atom. The van der Waals surface area contributed by atoms with E-state index in [-0.39, 0.29) is 39.6 Å². The van der Waals surface area contributed by atoms with Crippen LogP contribution in [0, 0.1) is 5.82 Å². The zero-order valence-corrected chi connectivity index (χ0v) is 21.1. The molecule has 2 aromatic heterocycles. The average Bonchev–Trinajstić information content (AvgIpc) is 3.35. The molecule has 1 saturated heterocycles. The third-order valence-electron chi connectivity index (χ3n) is 5.19. The summed E-state index contributed by atoms with van der Waals surface area (Å²) in [5.74, 6) is -2.50. The summed E-state index contributed by atoms with van der Waals surface area (Å²) in [5, 5.41) is 2.81. The average molecular weight is 556 g/mol. The van der Waals surface area contributed by atoms with Crippen LogP contribution >= 0.6 is 23.2 Å². The number of halogens is 3. The maximum absolute atomic E-state index is 14.4. The summed E-state index contributed by atoms with van der Waals surface area (Å²) in [7, 11) is 0. The molecule has 12 nitrogen and oxygen atoms in total. The van der Waals surface area contributed by atoms with Crippen molar-refractivity contribution in [3.63, 3.8) is 0 Å². The van der Waals surface area contributed by atoms with Crippen molar-refractivity contribution in [2.24, 2.45) is 0 Å². The van der Waals surface area contributed by atoms with E-state index in [4.69, 9.17) is 42.1 Å². The Kier molecular flexibility index (Phi) is 7.76. The maximum Gasteiger partial charge on any atom is 0.303 e. The number of hydrogen-bond donors (Lipinski definition) is 1. The first-order chi connectivity index (χ1) is 17.5. The SMILES string of the molecule is CC(=O)OCC1OC(n2cnc3c(Nc4ccc(Cl)cc4F)nc(Cl)nc32)C(OC(C)=O)C1OC(C)=O. The van der Waals surface area contributed by atoms with Gasteiger partial charge in [-0.3, -0.25) is 19.0 Å². The lowest BCUT2D eigenvalue weighted by atomic mass is 10.1. The number of hydrogen-bond acceptors (Lipinski definition) is 11. The number of imidazole rings is 1. The smallest absolute Gasteiger partial charge is 0.303 e. The normalized spacial score (nSPS) is 21.0. The van der Waals surface area contributed by atoms with E-state index in [1.54, 1.807) is 0 Å². The highest BCUT2D eigenvalue weighted by atomic mass is 35.5. The molecule has 4 rings (SSSR count). The van der Waals surface area contributed by atoms with Gasteiger partial charge in [0.25, 0.3) is 0 Å². The molecule has 1 aromatic carbocycles. The number of nitrogens with one attached hydrogen (secondary N) is 1. The van der Waals surface area contributed by atoms with E-state index in [1.165, 1.54) is 43.8 Å². The van der Waals surface area contributed by atoms with Crippen LogP contribution in [-0.2, 0) is 33.3 Å². The molecule has 1 aliphatic heterocycles. The molecule has 1 N–H and O–H groups in total. The molecule has 15 heteroatoms. The predicted molar refractivity (Wildman–Crippen MR) is 127 cm³/mol. The summed E-state index contributed by atoms with van der Waals surface area (Å²) >= 11 is 12.0. The molecular formula is C22H20Cl2FN5O7. The standard InChI is InChI=1S/C22H20Cl2FN5O7/c1-9(31)34-7-15-17(35-10(2)32)18(36-11(3)33)21(37-15)30-8-26-16-19(28-22(24)29-20(16)30)27-14-5-4-12(23)6-13(14)25/h4-6,8,15,17-18,21H,7H2,1-3H3,(H,27,28,29). The Balaban J connectivity index is 1.75. The van der Waals surface area contributed by atoms with Crippen molar-refractivity contribution in [2.75, 3.05) is 11.9 Å². The molecule has 196 valence electrons. The summed E-state index contributed by atoms with van der Waals surface area (Å²) in [6.07, 6.45) is -3.08. The Bertz CT molecular complexity index is 1370. The zero-order valence-electron chi connectivity index (χ0n) is 19.6. The highest BCUT2D eigenvalue weighted by Gasteiger charge is 2.51. The molecule has 4 unspecified atom stereocenters. The molecule has 0 bridgehead atoms. The zero-order chi connectivity index (χ0) is 26.9. The molecule has 4 atom stereocenters.